The maximum absolute atomic E-state index is 5.97. The van der Waals surface area contributed by atoms with Gasteiger partial charge in [-0.3, -0.25) is 0 Å². The highest BCUT2D eigenvalue weighted by Crippen LogP contribution is 2.32. The second-order valence-electron chi connectivity index (χ2n) is 4.10. The summed E-state index contributed by atoms with van der Waals surface area (Å²) < 4.78 is 0. The van der Waals surface area contributed by atoms with E-state index in [2.05, 4.69) is 22.4 Å². The summed E-state index contributed by atoms with van der Waals surface area (Å²) in [5.74, 6) is 1.18. The van der Waals surface area contributed by atoms with Crippen LogP contribution in [0.15, 0.2) is 6.07 Å². The fraction of sp³-hybridized carbons (Fsp3) is 0.636. The molecular formula is C11H15Cl2N3S. The predicted molar refractivity (Wildman–Crippen MR) is 75.2 cm³/mol. The number of hydrogen-bond acceptors (Lipinski definition) is 4. The average molecular weight is 292 g/mol. The lowest BCUT2D eigenvalue weighted by Crippen LogP contribution is -2.16. The second kappa shape index (κ2) is 6.12. The maximum atomic E-state index is 5.97. The van der Waals surface area contributed by atoms with Crippen LogP contribution in [-0.2, 0) is 0 Å². The van der Waals surface area contributed by atoms with Crippen molar-refractivity contribution in [3.05, 3.63) is 16.4 Å². The van der Waals surface area contributed by atoms with Crippen LogP contribution in [0.3, 0.4) is 0 Å². The zero-order chi connectivity index (χ0) is 12.3. The number of anilines is 1. The van der Waals surface area contributed by atoms with Crippen LogP contribution in [-0.4, -0.2) is 27.2 Å². The molecule has 0 aliphatic heterocycles. The molecular weight excluding hydrogens is 277 g/mol. The van der Waals surface area contributed by atoms with Crippen molar-refractivity contribution in [1.29, 1.82) is 0 Å². The van der Waals surface area contributed by atoms with Gasteiger partial charge in [-0.15, -0.1) is 10.2 Å². The van der Waals surface area contributed by atoms with Gasteiger partial charge < -0.3 is 5.32 Å². The number of nitrogens with one attached hydrogen (secondary N) is 1. The Morgan fingerprint density at radius 3 is 3.00 bits per heavy atom. The molecule has 1 heterocycles. The fourth-order valence-corrected chi connectivity index (χ4v) is 3.57. The third kappa shape index (κ3) is 3.63. The summed E-state index contributed by atoms with van der Waals surface area (Å²) in [4.78, 5) is 0. The molecule has 1 N–H and O–H groups in total. The SMILES string of the molecule is CCSC1CCC(Nc2cc(Cl)nnc2Cl)C1. The Balaban J connectivity index is 1.95. The van der Waals surface area contributed by atoms with E-state index in [-0.39, 0.29) is 0 Å². The van der Waals surface area contributed by atoms with Crippen LogP contribution in [0.2, 0.25) is 10.3 Å². The first-order chi connectivity index (χ1) is 8.19. The number of hydrogen-bond donors (Lipinski definition) is 1. The molecule has 1 saturated carbocycles. The first kappa shape index (κ1) is 13.2. The van der Waals surface area contributed by atoms with Gasteiger partial charge in [-0.2, -0.15) is 11.8 Å². The lowest BCUT2D eigenvalue weighted by molar-refractivity contribution is 0.755. The molecule has 3 nitrogen and oxygen atoms in total. The van der Waals surface area contributed by atoms with Crippen LogP contribution >= 0.6 is 35.0 Å². The molecule has 2 atom stereocenters. The van der Waals surface area contributed by atoms with Crippen molar-refractivity contribution in [3.8, 4) is 0 Å². The van der Waals surface area contributed by atoms with Gasteiger partial charge in [0.15, 0.2) is 10.3 Å². The maximum Gasteiger partial charge on any atom is 0.174 e. The number of nitrogens with zero attached hydrogens (tertiary/aromatic N) is 2. The zero-order valence-electron chi connectivity index (χ0n) is 9.62. The second-order valence-corrected chi connectivity index (χ2v) is 6.43. The molecule has 1 aliphatic carbocycles. The molecule has 0 aromatic carbocycles. The summed E-state index contributed by atoms with van der Waals surface area (Å²) in [5, 5.41) is 12.4. The van der Waals surface area contributed by atoms with Crippen LogP contribution in [0.1, 0.15) is 26.2 Å². The smallest absolute Gasteiger partial charge is 0.174 e. The van der Waals surface area contributed by atoms with Crippen molar-refractivity contribution >= 4 is 40.7 Å². The lowest BCUT2D eigenvalue weighted by Gasteiger charge is -2.15. The minimum Gasteiger partial charge on any atom is -0.380 e. The van der Waals surface area contributed by atoms with Crippen molar-refractivity contribution in [2.24, 2.45) is 0 Å². The van der Waals surface area contributed by atoms with E-state index in [1.165, 1.54) is 25.0 Å². The normalized spacial score (nSPS) is 23.9. The lowest BCUT2D eigenvalue weighted by atomic mass is 10.2. The van der Waals surface area contributed by atoms with Crippen LogP contribution in [0.4, 0.5) is 5.69 Å². The Hall–Kier alpha value is -0.190. The number of halogens is 2. The van der Waals surface area contributed by atoms with Crippen LogP contribution < -0.4 is 5.32 Å². The molecule has 1 aromatic rings. The summed E-state index contributed by atoms with van der Waals surface area (Å²) >= 11 is 13.8. The minimum atomic E-state index is 0.370. The molecule has 2 unspecified atom stereocenters. The van der Waals surface area contributed by atoms with Gasteiger partial charge in [-0.1, -0.05) is 30.1 Å². The van der Waals surface area contributed by atoms with Crippen LogP contribution in [0, 0.1) is 0 Å². The Morgan fingerprint density at radius 1 is 1.41 bits per heavy atom. The summed E-state index contributed by atoms with van der Waals surface area (Å²) in [6.07, 6.45) is 3.61. The van der Waals surface area contributed by atoms with Crippen molar-refractivity contribution < 1.29 is 0 Å². The summed E-state index contributed by atoms with van der Waals surface area (Å²) in [5.41, 5.74) is 0.791. The average Bonchev–Trinajstić information content (AvgIpc) is 2.72. The van der Waals surface area contributed by atoms with Gasteiger partial charge in [-0.05, 0) is 25.0 Å². The molecule has 1 aliphatic rings. The van der Waals surface area contributed by atoms with Gasteiger partial charge in [0.05, 0.1) is 5.69 Å². The van der Waals surface area contributed by atoms with E-state index in [4.69, 9.17) is 23.2 Å². The Labute approximate surface area is 116 Å². The van der Waals surface area contributed by atoms with Crippen molar-refractivity contribution in [2.45, 2.75) is 37.5 Å². The molecule has 0 radical (unpaired) electrons. The largest absolute Gasteiger partial charge is 0.380 e. The molecule has 94 valence electrons. The fourth-order valence-electron chi connectivity index (χ4n) is 2.13. The molecule has 6 heteroatoms. The molecule has 17 heavy (non-hydrogen) atoms. The topological polar surface area (TPSA) is 37.8 Å². The third-order valence-electron chi connectivity index (χ3n) is 2.87. The van der Waals surface area contributed by atoms with Crippen LogP contribution in [0.5, 0.6) is 0 Å². The standard InChI is InChI=1S/C11H15Cl2N3S/c1-2-17-8-4-3-7(5-8)14-9-6-10(12)15-16-11(9)13/h6-8H,2-5H2,1H3,(H,14,15). The van der Waals surface area contributed by atoms with Gasteiger partial charge in [0.25, 0.3) is 0 Å². The Morgan fingerprint density at radius 2 is 2.24 bits per heavy atom. The van der Waals surface area contributed by atoms with Crippen LogP contribution in [0.25, 0.3) is 0 Å². The molecule has 1 fully saturated rings. The summed E-state index contributed by atoms with van der Waals surface area (Å²) in [6, 6.07) is 2.20. The number of thioether (sulfide) groups is 1. The van der Waals surface area contributed by atoms with Crippen molar-refractivity contribution in [1.82, 2.24) is 10.2 Å². The highest BCUT2D eigenvalue weighted by Gasteiger charge is 2.25. The van der Waals surface area contributed by atoms with Gasteiger partial charge in [0, 0.05) is 17.4 Å². The van der Waals surface area contributed by atoms with E-state index in [0.717, 1.165) is 10.9 Å². The quantitative estimate of drug-likeness (QED) is 0.914. The van der Waals surface area contributed by atoms with Gasteiger partial charge in [-0.25, -0.2) is 0 Å². The molecule has 0 saturated heterocycles. The Kier molecular flexibility index (Phi) is 4.77. The summed E-state index contributed by atoms with van der Waals surface area (Å²) in [6.45, 7) is 2.20. The van der Waals surface area contributed by atoms with E-state index in [0.29, 0.717) is 16.3 Å². The van der Waals surface area contributed by atoms with Crippen molar-refractivity contribution in [2.75, 3.05) is 11.1 Å². The van der Waals surface area contributed by atoms with Gasteiger partial charge >= 0.3 is 0 Å². The highest BCUT2D eigenvalue weighted by atomic mass is 35.5. The van der Waals surface area contributed by atoms with Gasteiger partial charge in [0.1, 0.15) is 0 Å². The highest BCUT2D eigenvalue weighted by molar-refractivity contribution is 7.99. The minimum absolute atomic E-state index is 0.370. The first-order valence-electron chi connectivity index (χ1n) is 5.76. The van der Waals surface area contributed by atoms with E-state index < -0.39 is 0 Å². The number of aromatic nitrogens is 2. The number of rotatable bonds is 4. The third-order valence-corrected chi connectivity index (χ3v) is 4.56. The monoisotopic (exact) mass is 291 g/mol. The van der Waals surface area contributed by atoms with E-state index >= 15 is 0 Å². The van der Waals surface area contributed by atoms with E-state index in [9.17, 15) is 0 Å². The molecule has 0 amide bonds. The summed E-state index contributed by atoms with van der Waals surface area (Å²) in [7, 11) is 0. The molecule has 0 spiro atoms. The van der Waals surface area contributed by atoms with Gasteiger partial charge in [0.2, 0.25) is 0 Å². The zero-order valence-corrected chi connectivity index (χ0v) is 11.9. The molecule has 2 rings (SSSR count). The first-order valence-corrected chi connectivity index (χ1v) is 7.56. The molecule has 1 aromatic heterocycles. The predicted octanol–water partition coefficient (Wildman–Crippen LogP) is 3.87. The Bertz CT molecular complexity index is 389. The van der Waals surface area contributed by atoms with E-state index in [1.54, 1.807) is 6.07 Å². The van der Waals surface area contributed by atoms with Crippen molar-refractivity contribution in [3.63, 3.8) is 0 Å². The van der Waals surface area contributed by atoms with E-state index in [1.807, 2.05) is 11.8 Å². The molecule has 0 bridgehead atoms.